The van der Waals surface area contributed by atoms with Crippen LogP contribution in [0.4, 0.5) is 0 Å². The molecule has 0 amide bonds. The van der Waals surface area contributed by atoms with E-state index in [1.165, 1.54) is 0 Å². The minimum absolute atomic E-state index is 0. The van der Waals surface area contributed by atoms with Gasteiger partial charge in [-0.15, -0.1) is 0 Å². The van der Waals surface area contributed by atoms with Crippen LogP contribution in [-0.2, 0) is 33.3 Å². The molecule has 3 heterocycles. The molecule has 47 heavy (non-hydrogen) atoms. The molecule has 269 valence electrons. The predicted octanol–water partition coefficient (Wildman–Crippen LogP) is 5.86. The first-order chi connectivity index (χ1) is 21.5. The molecule has 3 aliphatic rings. The molecular formula is C37H65AcNO8. The number of aliphatic hydroxyl groups excluding tert-OH is 1. The SMILES string of the molecule is CCC[C@H]1OC(=O)[C@H](C)C(OC2CC(C)[CH]C(C)O2)[C@H](C)C(OC2OC(C)CC(N(C)C)C2O)[C@@H](C)C[C@@H](C)C(=O)[C@H](C)[CH]C1C.[Ac]. The zero-order chi connectivity index (χ0) is 34.5. The van der Waals surface area contributed by atoms with Crippen molar-refractivity contribution in [3.8, 4) is 0 Å². The standard InChI is InChI=1S/C37H65NO8.Ac/c1-13-14-30-21(3)17-22(4)32(39)23(5)18-24(6)34(46-37-33(40)29(38(11)12)19-26(8)43-37)27(9)35(28(10)36(41)44-30)45-31-16-20(2)15-25(7)42-31;/h15,17,20-31,33-35,37,40H,13-14,16,18-19H2,1-12H3;/t20?,21?,22-,23-,24+,25?,26?,27-,28-,29?,30-,31?,33?,34?,35?,37?;/m1./s1. The molecule has 0 aromatic rings. The number of nitrogens with zero attached hydrogens (tertiary/aromatic N) is 1. The minimum atomic E-state index is -0.874. The third-order valence-electron chi connectivity index (χ3n) is 10.5. The summed E-state index contributed by atoms with van der Waals surface area (Å²) in [5.41, 5.74) is 0. The van der Waals surface area contributed by atoms with E-state index in [1.54, 1.807) is 0 Å². The summed E-state index contributed by atoms with van der Waals surface area (Å²) in [5, 5.41) is 11.4. The first-order valence-electron chi connectivity index (χ1n) is 17.9. The maximum atomic E-state index is 14.0. The first-order valence-corrected chi connectivity index (χ1v) is 17.9. The quantitative estimate of drug-likeness (QED) is 0.315. The summed E-state index contributed by atoms with van der Waals surface area (Å²) in [6, 6.07) is -0.136. The molecule has 0 aliphatic carbocycles. The van der Waals surface area contributed by atoms with E-state index in [0.717, 1.165) is 6.42 Å². The van der Waals surface area contributed by atoms with Crippen LogP contribution >= 0.6 is 0 Å². The first kappa shape index (κ1) is 43.5. The van der Waals surface area contributed by atoms with Crippen molar-refractivity contribution in [2.24, 2.45) is 41.4 Å². The Morgan fingerprint density at radius 1 is 0.894 bits per heavy atom. The summed E-state index contributed by atoms with van der Waals surface area (Å²) >= 11 is 0. The van der Waals surface area contributed by atoms with Gasteiger partial charge in [0.1, 0.15) is 18.0 Å². The number of likely N-dealkylation sites (N-methyl/N-ethyl adjacent to an activating group) is 1. The second-order valence-corrected chi connectivity index (χ2v) is 15.2. The van der Waals surface area contributed by atoms with Gasteiger partial charge in [-0.2, -0.15) is 0 Å². The van der Waals surface area contributed by atoms with E-state index in [1.807, 2.05) is 73.9 Å². The van der Waals surface area contributed by atoms with Gasteiger partial charge in [-0.3, -0.25) is 9.59 Å². The maximum absolute atomic E-state index is 14.0. The largest absolute Gasteiger partial charge is 0.462 e. The molecule has 3 rings (SSSR count). The second kappa shape index (κ2) is 19.8. The average molecular weight is 879 g/mol. The molecule has 3 radical (unpaired) electrons. The van der Waals surface area contributed by atoms with E-state index in [0.29, 0.717) is 31.6 Å². The fraction of sp³-hybridized carbons (Fsp3) is 0.892. The number of ketones is 1. The molecule has 10 heteroatoms. The number of Topliss-reactive ketones (excluding diaryl/α,β-unsaturated/α-hetero) is 1. The van der Waals surface area contributed by atoms with Crippen LogP contribution < -0.4 is 0 Å². The van der Waals surface area contributed by atoms with Crippen LogP contribution in [0.2, 0.25) is 0 Å². The summed E-state index contributed by atoms with van der Waals surface area (Å²) in [4.78, 5) is 29.7. The molecule has 3 aliphatic heterocycles. The summed E-state index contributed by atoms with van der Waals surface area (Å²) in [7, 11) is 3.91. The maximum Gasteiger partial charge on any atom is 0.311 e. The number of esters is 1. The number of ether oxygens (including phenoxy) is 5. The van der Waals surface area contributed by atoms with E-state index in [-0.39, 0.29) is 110 Å². The fourth-order valence-corrected chi connectivity index (χ4v) is 7.95. The van der Waals surface area contributed by atoms with Gasteiger partial charge in [0.15, 0.2) is 12.6 Å². The number of hydrogen-bond acceptors (Lipinski definition) is 9. The average Bonchev–Trinajstić information content (AvgIpc) is 2.97. The molecule has 9 nitrogen and oxygen atoms in total. The van der Waals surface area contributed by atoms with E-state index >= 15 is 0 Å². The molecule has 0 spiro atoms. The van der Waals surface area contributed by atoms with Crippen LogP contribution in [0.3, 0.4) is 0 Å². The minimum Gasteiger partial charge on any atom is -0.462 e. The Balaban J connectivity index is 0.00000768. The van der Waals surface area contributed by atoms with Crippen LogP contribution in [0.1, 0.15) is 101 Å². The number of rotatable bonds is 7. The second-order valence-electron chi connectivity index (χ2n) is 15.2. The van der Waals surface area contributed by atoms with Crippen molar-refractivity contribution >= 4 is 11.8 Å². The predicted molar refractivity (Wildman–Crippen MR) is 178 cm³/mol. The summed E-state index contributed by atoms with van der Waals surface area (Å²) in [6.07, 6.45) is 3.82. The van der Waals surface area contributed by atoms with Crippen molar-refractivity contribution in [1.29, 1.82) is 0 Å². The third-order valence-corrected chi connectivity index (χ3v) is 10.5. The van der Waals surface area contributed by atoms with Crippen molar-refractivity contribution in [2.75, 3.05) is 14.1 Å². The summed E-state index contributed by atoms with van der Waals surface area (Å²) in [6.45, 7) is 20.2. The Morgan fingerprint density at radius 2 is 1.55 bits per heavy atom. The van der Waals surface area contributed by atoms with E-state index in [2.05, 4.69) is 27.2 Å². The molecule has 16 atom stereocenters. The molecule has 1 N–H and O–H groups in total. The van der Waals surface area contributed by atoms with Gasteiger partial charge in [0, 0.05) is 74.3 Å². The normalized spacial score (nSPS) is 44.7. The molecule has 0 saturated carbocycles. The van der Waals surface area contributed by atoms with E-state index in [9.17, 15) is 14.7 Å². The van der Waals surface area contributed by atoms with Crippen LogP contribution in [0.25, 0.3) is 0 Å². The third kappa shape index (κ3) is 11.9. The van der Waals surface area contributed by atoms with Gasteiger partial charge < -0.3 is 33.7 Å². The molecule has 3 saturated heterocycles. The molecule has 3 fully saturated rings. The van der Waals surface area contributed by atoms with Crippen LogP contribution in [0.5, 0.6) is 0 Å². The number of hydrogen-bond donors (Lipinski definition) is 1. The molecule has 0 aromatic heterocycles. The molecule has 0 aromatic carbocycles. The zero-order valence-electron chi connectivity index (χ0n) is 31.3. The fourth-order valence-electron chi connectivity index (χ4n) is 7.95. The van der Waals surface area contributed by atoms with Gasteiger partial charge >= 0.3 is 5.97 Å². The number of carbonyl (C=O) groups is 2. The Bertz CT molecular complexity index is 959. The number of carbonyl (C=O) groups excluding carboxylic acids is 2. The smallest absolute Gasteiger partial charge is 0.311 e. The van der Waals surface area contributed by atoms with Crippen LogP contribution in [0.15, 0.2) is 0 Å². The van der Waals surface area contributed by atoms with Gasteiger partial charge in [0.05, 0.1) is 30.3 Å². The van der Waals surface area contributed by atoms with Crippen molar-refractivity contribution in [1.82, 2.24) is 4.90 Å². The van der Waals surface area contributed by atoms with Crippen molar-refractivity contribution in [2.45, 2.75) is 157 Å². The molecule has 10 unspecified atom stereocenters. The number of cyclic esters (lactones) is 1. The number of aliphatic hydroxyl groups is 1. The topological polar surface area (TPSA) is 104 Å². The molecule has 0 bridgehead atoms. The van der Waals surface area contributed by atoms with Crippen molar-refractivity contribution in [3.63, 3.8) is 0 Å². The van der Waals surface area contributed by atoms with Gasteiger partial charge in [-0.25, -0.2) is 0 Å². The van der Waals surface area contributed by atoms with Gasteiger partial charge in [-0.1, -0.05) is 54.9 Å². The van der Waals surface area contributed by atoms with Crippen molar-refractivity contribution in [3.05, 3.63) is 12.8 Å². The Labute approximate surface area is 321 Å². The Hall–Kier alpha value is 0.342. The van der Waals surface area contributed by atoms with Crippen molar-refractivity contribution < 1.29 is 82.4 Å². The van der Waals surface area contributed by atoms with E-state index in [4.69, 9.17) is 23.7 Å². The van der Waals surface area contributed by atoms with Gasteiger partial charge in [-0.05, 0) is 84.7 Å². The van der Waals surface area contributed by atoms with Gasteiger partial charge in [0.2, 0.25) is 0 Å². The Morgan fingerprint density at radius 3 is 2.15 bits per heavy atom. The van der Waals surface area contributed by atoms with Gasteiger partial charge in [0.25, 0.3) is 0 Å². The monoisotopic (exact) mass is 878 g/mol. The zero-order valence-corrected chi connectivity index (χ0v) is 36.0. The summed E-state index contributed by atoms with van der Waals surface area (Å²) < 4.78 is 32.3. The van der Waals surface area contributed by atoms with E-state index < -0.39 is 36.8 Å². The van der Waals surface area contributed by atoms with Crippen LogP contribution in [0, 0.1) is 98.3 Å². The summed E-state index contributed by atoms with van der Waals surface area (Å²) in [5.74, 6) is -1.52. The Kier molecular flexibility index (Phi) is 18.3. The van der Waals surface area contributed by atoms with Crippen LogP contribution in [-0.4, -0.2) is 91.1 Å². The molecular weight excluding hydrogens is 813 g/mol.